The first-order chi connectivity index (χ1) is 5.06. The predicted molar refractivity (Wildman–Crippen MR) is 33.9 cm³/mol. The molecular weight excluding hydrogens is 154 g/mol. The minimum absolute atomic E-state index is 0.172. The summed E-state index contributed by atoms with van der Waals surface area (Å²) in [5, 5.41) is 8.67. The van der Waals surface area contributed by atoms with E-state index >= 15 is 0 Å². The Morgan fingerprint density at radius 3 is 2.64 bits per heavy atom. The third kappa shape index (κ3) is 5.13. The van der Waals surface area contributed by atoms with Crippen molar-refractivity contribution in [3.05, 3.63) is 10.1 Å². The first kappa shape index (κ1) is 9.67. The van der Waals surface area contributed by atoms with Crippen LogP contribution in [-0.4, -0.2) is 17.3 Å². The van der Waals surface area contributed by atoms with Gasteiger partial charge in [0.15, 0.2) is 0 Å². The summed E-state index contributed by atoms with van der Waals surface area (Å²) < 4.78 is 4.41. The molecule has 0 saturated heterocycles. The van der Waals surface area contributed by atoms with Crippen molar-refractivity contribution in [3.63, 3.8) is 0 Å². The van der Waals surface area contributed by atoms with E-state index in [0.29, 0.717) is 0 Å². The number of hydrogen-bond acceptors (Lipinski definition) is 5. The summed E-state index contributed by atoms with van der Waals surface area (Å²) in [5.74, 6) is -0.528. The number of nitrogens with zero attached hydrogens (tertiary/aromatic N) is 1. The second kappa shape index (κ2) is 4.48. The Bertz CT molecular complexity index is 157. The van der Waals surface area contributed by atoms with Crippen molar-refractivity contribution in [2.75, 3.05) is 0 Å². The van der Waals surface area contributed by atoms with Crippen LogP contribution >= 0.6 is 0 Å². The Labute approximate surface area is 63.2 Å². The summed E-state index contributed by atoms with van der Waals surface area (Å²) in [5.41, 5.74) is 0. The topological polar surface area (TPSA) is 78.7 Å². The van der Waals surface area contributed by atoms with E-state index in [1.165, 1.54) is 6.92 Å². The first-order valence-corrected chi connectivity index (χ1v) is 3.07. The molecule has 0 aliphatic rings. The lowest BCUT2D eigenvalue weighted by molar-refractivity contribution is -0.777. The fraction of sp³-hybridized carbons (Fsp3) is 0.800. The van der Waals surface area contributed by atoms with Crippen LogP contribution in [0.25, 0.3) is 0 Å². The third-order valence-electron chi connectivity index (χ3n) is 0.821. The Kier molecular flexibility index (Phi) is 3.94. The maximum absolute atomic E-state index is 10.5. The largest absolute Gasteiger partial charge is 0.435 e. The Hall–Kier alpha value is -1.33. The molecule has 0 aliphatic heterocycles. The normalized spacial score (nSPS) is 11.8. The van der Waals surface area contributed by atoms with E-state index in [-0.39, 0.29) is 6.42 Å². The molecule has 0 spiro atoms. The molecule has 0 radical (unpaired) electrons. The lowest BCUT2D eigenvalue weighted by atomic mass is 10.5. The number of carbonyl (C=O) groups is 1. The minimum Gasteiger partial charge on any atom is -0.435 e. The molecule has 1 unspecified atom stereocenters. The molecule has 0 heterocycles. The Morgan fingerprint density at radius 1 is 1.73 bits per heavy atom. The van der Waals surface area contributed by atoms with Crippen LogP contribution in [0, 0.1) is 10.1 Å². The molecule has 0 aromatic rings. The van der Waals surface area contributed by atoms with Crippen molar-refractivity contribution in [1.29, 1.82) is 0 Å². The summed E-state index contributed by atoms with van der Waals surface area (Å²) in [6.45, 7) is 2.86. The molecule has 0 aliphatic carbocycles. The number of esters is 1. The van der Waals surface area contributed by atoms with Gasteiger partial charge in [-0.25, -0.2) is 0 Å². The molecule has 0 rings (SSSR count). The van der Waals surface area contributed by atoms with Gasteiger partial charge in [0.25, 0.3) is 5.09 Å². The molecule has 64 valence electrons. The fourth-order valence-corrected chi connectivity index (χ4v) is 0.411. The van der Waals surface area contributed by atoms with Crippen LogP contribution in [0.4, 0.5) is 0 Å². The van der Waals surface area contributed by atoms with Gasteiger partial charge < -0.3 is 4.74 Å². The zero-order valence-electron chi connectivity index (χ0n) is 6.27. The average Bonchev–Trinajstić information content (AvgIpc) is 1.85. The van der Waals surface area contributed by atoms with Gasteiger partial charge in [0.05, 0.1) is 0 Å². The highest BCUT2D eigenvalue weighted by atomic mass is 17.0. The highest BCUT2D eigenvalue weighted by molar-refractivity contribution is 5.68. The SMILES string of the molecule is CCC(=O)OC(C)O[N+](=O)[O-]. The van der Waals surface area contributed by atoms with Crippen molar-refractivity contribution >= 4 is 5.97 Å². The summed E-state index contributed by atoms with van der Waals surface area (Å²) in [6.07, 6.45) is -0.955. The fourth-order valence-electron chi connectivity index (χ4n) is 0.411. The number of ether oxygens (including phenoxy) is 1. The lowest BCUT2D eigenvalue weighted by Gasteiger charge is -2.08. The number of hydrogen-bond donors (Lipinski definition) is 0. The van der Waals surface area contributed by atoms with Crippen LogP contribution in [0.5, 0.6) is 0 Å². The zero-order chi connectivity index (χ0) is 8.85. The van der Waals surface area contributed by atoms with E-state index in [1.807, 2.05) is 0 Å². The molecule has 6 heteroatoms. The molecule has 0 bridgehead atoms. The summed E-state index contributed by atoms with van der Waals surface area (Å²) in [4.78, 5) is 24.1. The summed E-state index contributed by atoms with van der Waals surface area (Å²) in [7, 11) is 0. The molecule has 6 nitrogen and oxygen atoms in total. The standard InChI is InChI=1S/C5H9NO5/c1-3-5(7)10-4(2)11-6(8)9/h4H,3H2,1-2H3. The smallest absolute Gasteiger partial charge is 0.307 e. The predicted octanol–water partition coefficient (Wildman–Crippen LogP) is 0.494. The molecular formula is C5H9NO5. The quantitative estimate of drug-likeness (QED) is 0.261. The van der Waals surface area contributed by atoms with Crippen molar-refractivity contribution in [2.45, 2.75) is 26.6 Å². The monoisotopic (exact) mass is 163 g/mol. The molecule has 0 N–H and O–H groups in total. The number of rotatable bonds is 4. The molecule has 0 fully saturated rings. The van der Waals surface area contributed by atoms with Gasteiger partial charge in [-0.3, -0.25) is 9.63 Å². The second-order valence-electron chi connectivity index (χ2n) is 1.74. The molecule has 0 amide bonds. The molecule has 0 aromatic carbocycles. The highest BCUT2D eigenvalue weighted by Crippen LogP contribution is 1.95. The van der Waals surface area contributed by atoms with Crippen molar-refractivity contribution in [1.82, 2.24) is 0 Å². The van der Waals surface area contributed by atoms with E-state index < -0.39 is 17.3 Å². The summed E-state index contributed by atoms with van der Waals surface area (Å²) >= 11 is 0. The zero-order valence-corrected chi connectivity index (χ0v) is 6.27. The Morgan fingerprint density at radius 2 is 2.27 bits per heavy atom. The average molecular weight is 163 g/mol. The third-order valence-corrected chi connectivity index (χ3v) is 0.821. The van der Waals surface area contributed by atoms with Gasteiger partial charge in [-0.2, -0.15) is 0 Å². The molecule has 0 saturated carbocycles. The molecule has 1 atom stereocenters. The van der Waals surface area contributed by atoms with Crippen LogP contribution in [-0.2, 0) is 14.4 Å². The highest BCUT2D eigenvalue weighted by Gasteiger charge is 2.10. The van der Waals surface area contributed by atoms with Crippen LogP contribution in [0.2, 0.25) is 0 Å². The van der Waals surface area contributed by atoms with Gasteiger partial charge in [0.1, 0.15) is 0 Å². The maximum Gasteiger partial charge on any atom is 0.307 e. The van der Waals surface area contributed by atoms with Crippen molar-refractivity contribution in [2.24, 2.45) is 0 Å². The van der Waals surface area contributed by atoms with Gasteiger partial charge in [-0.05, 0) is 6.92 Å². The lowest BCUT2D eigenvalue weighted by Crippen LogP contribution is -2.20. The molecule has 11 heavy (non-hydrogen) atoms. The second-order valence-corrected chi connectivity index (χ2v) is 1.74. The van der Waals surface area contributed by atoms with Crippen LogP contribution in [0.15, 0.2) is 0 Å². The van der Waals surface area contributed by atoms with Crippen molar-refractivity contribution in [3.8, 4) is 0 Å². The van der Waals surface area contributed by atoms with E-state index in [4.69, 9.17) is 0 Å². The van der Waals surface area contributed by atoms with Gasteiger partial charge in [-0.15, -0.1) is 10.1 Å². The maximum atomic E-state index is 10.5. The van der Waals surface area contributed by atoms with Gasteiger partial charge in [-0.1, -0.05) is 6.92 Å². The first-order valence-electron chi connectivity index (χ1n) is 3.07. The Balaban J connectivity index is 3.60. The van der Waals surface area contributed by atoms with Crippen LogP contribution < -0.4 is 0 Å². The van der Waals surface area contributed by atoms with Crippen LogP contribution in [0.1, 0.15) is 20.3 Å². The minimum atomic E-state index is -1.13. The van der Waals surface area contributed by atoms with Gasteiger partial charge in [0, 0.05) is 6.42 Å². The molecule has 0 aromatic heterocycles. The van der Waals surface area contributed by atoms with E-state index in [1.54, 1.807) is 6.92 Å². The van der Waals surface area contributed by atoms with E-state index in [2.05, 4.69) is 9.57 Å². The van der Waals surface area contributed by atoms with Crippen LogP contribution in [0.3, 0.4) is 0 Å². The van der Waals surface area contributed by atoms with Gasteiger partial charge >= 0.3 is 5.97 Å². The van der Waals surface area contributed by atoms with Crippen molar-refractivity contribution < 1.29 is 19.5 Å². The summed E-state index contributed by atoms with van der Waals surface area (Å²) in [6, 6.07) is 0. The number of carbonyl (C=O) groups excluding carboxylic acids is 1. The van der Waals surface area contributed by atoms with Gasteiger partial charge in [0.2, 0.25) is 6.29 Å². The van der Waals surface area contributed by atoms with E-state index in [9.17, 15) is 14.9 Å². The van der Waals surface area contributed by atoms with E-state index in [0.717, 1.165) is 0 Å².